The molecular formula is C26H23BrN2O4. The van der Waals surface area contributed by atoms with E-state index in [0.717, 1.165) is 21.2 Å². The number of hydrogen-bond acceptors (Lipinski definition) is 4. The van der Waals surface area contributed by atoms with Gasteiger partial charge < -0.3 is 14.8 Å². The minimum atomic E-state index is -0.437. The zero-order chi connectivity index (χ0) is 23.4. The number of carbonyl (C=O) groups excluding carboxylic acids is 2. The number of nitrogens with one attached hydrogen (secondary N) is 1. The number of urea groups is 1. The molecule has 0 spiro atoms. The van der Waals surface area contributed by atoms with Gasteiger partial charge in [-0.2, -0.15) is 0 Å². The average Bonchev–Trinajstić information content (AvgIpc) is 3.07. The number of halogens is 1. The van der Waals surface area contributed by atoms with Crippen molar-refractivity contribution in [2.75, 3.05) is 7.11 Å². The minimum absolute atomic E-state index is 0.217. The Morgan fingerprint density at radius 1 is 0.939 bits per heavy atom. The highest BCUT2D eigenvalue weighted by Crippen LogP contribution is 2.30. The molecule has 1 N–H and O–H groups in total. The van der Waals surface area contributed by atoms with Gasteiger partial charge >= 0.3 is 6.03 Å². The number of ether oxygens (including phenoxy) is 2. The van der Waals surface area contributed by atoms with Crippen LogP contribution in [0, 0.1) is 6.92 Å². The Morgan fingerprint density at radius 3 is 2.33 bits per heavy atom. The van der Waals surface area contributed by atoms with Gasteiger partial charge in [-0.15, -0.1) is 0 Å². The van der Waals surface area contributed by atoms with Gasteiger partial charge in [0.05, 0.1) is 13.7 Å². The molecule has 1 aliphatic heterocycles. The van der Waals surface area contributed by atoms with E-state index in [-0.39, 0.29) is 18.1 Å². The van der Waals surface area contributed by atoms with Gasteiger partial charge in [0.1, 0.15) is 12.3 Å². The van der Waals surface area contributed by atoms with E-state index in [1.807, 2.05) is 61.5 Å². The summed E-state index contributed by atoms with van der Waals surface area (Å²) in [5.41, 5.74) is 3.97. The first-order valence-electron chi connectivity index (χ1n) is 10.4. The van der Waals surface area contributed by atoms with Crippen molar-refractivity contribution in [1.82, 2.24) is 10.2 Å². The van der Waals surface area contributed by atoms with Crippen molar-refractivity contribution in [2.45, 2.75) is 20.1 Å². The molecule has 0 atom stereocenters. The van der Waals surface area contributed by atoms with E-state index in [9.17, 15) is 9.59 Å². The molecule has 0 saturated carbocycles. The van der Waals surface area contributed by atoms with Gasteiger partial charge in [0, 0.05) is 4.47 Å². The van der Waals surface area contributed by atoms with Crippen molar-refractivity contribution in [1.29, 1.82) is 0 Å². The zero-order valence-corrected chi connectivity index (χ0v) is 19.9. The van der Waals surface area contributed by atoms with E-state index in [1.165, 1.54) is 4.90 Å². The molecule has 0 unspecified atom stereocenters. The lowest BCUT2D eigenvalue weighted by molar-refractivity contribution is -0.123. The van der Waals surface area contributed by atoms with Crippen molar-refractivity contribution >= 4 is 33.9 Å². The summed E-state index contributed by atoms with van der Waals surface area (Å²) >= 11 is 3.42. The molecule has 1 fully saturated rings. The lowest BCUT2D eigenvalue weighted by Crippen LogP contribution is -2.30. The highest BCUT2D eigenvalue weighted by molar-refractivity contribution is 9.10. The third-order valence-corrected chi connectivity index (χ3v) is 5.76. The topological polar surface area (TPSA) is 67.9 Å². The highest BCUT2D eigenvalue weighted by atomic mass is 79.9. The number of carbonyl (C=O) groups is 2. The number of benzene rings is 3. The summed E-state index contributed by atoms with van der Waals surface area (Å²) in [4.78, 5) is 26.4. The van der Waals surface area contributed by atoms with Gasteiger partial charge in [0.25, 0.3) is 5.91 Å². The van der Waals surface area contributed by atoms with E-state index in [2.05, 4.69) is 21.2 Å². The third-order valence-electron chi connectivity index (χ3n) is 5.23. The normalized spacial score (nSPS) is 14.5. The van der Waals surface area contributed by atoms with Crippen LogP contribution in [0.15, 0.2) is 76.9 Å². The standard InChI is InChI=1S/C26H23BrN2O4/c1-17-3-5-18(6-4-17)15-29-25(30)22(28-26(29)31)13-20-9-12-23(24(14-20)32-2)33-16-19-7-10-21(27)11-8-19/h3-14H,15-16H2,1-2H3,(H,28,31)/b22-13+. The maximum atomic E-state index is 12.8. The maximum Gasteiger partial charge on any atom is 0.329 e. The van der Waals surface area contributed by atoms with Crippen LogP contribution in [-0.4, -0.2) is 23.9 Å². The number of rotatable bonds is 7. The van der Waals surface area contributed by atoms with E-state index in [0.29, 0.717) is 23.7 Å². The van der Waals surface area contributed by atoms with Gasteiger partial charge in [-0.25, -0.2) is 4.79 Å². The Balaban J connectivity index is 1.47. The second kappa shape index (κ2) is 9.92. The second-order valence-corrected chi connectivity index (χ2v) is 8.61. The van der Waals surface area contributed by atoms with Crippen LogP contribution in [0.5, 0.6) is 11.5 Å². The van der Waals surface area contributed by atoms with Crippen LogP contribution in [0.3, 0.4) is 0 Å². The SMILES string of the molecule is COc1cc(/C=C2/NC(=O)N(Cc3ccc(C)cc3)C2=O)ccc1OCc1ccc(Br)cc1. The first kappa shape index (κ1) is 22.6. The molecular weight excluding hydrogens is 484 g/mol. The highest BCUT2D eigenvalue weighted by Gasteiger charge is 2.33. The zero-order valence-electron chi connectivity index (χ0n) is 18.3. The predicted octanol–water partition coefficient (Wildman–Crippen LogP) is 5.44. The van der Waals surface area contributed by atoms with Crippen LogP contribution in [-0.2, 0) is 17.9 Å². The monoisotopic (exact) mass is 506 g/mol. The largest absolute Gasteiger partial charge is 0.493 e. The molecule has 3 aromatic carbocycles. The first-order valence-corrected chi connectivity index (χ1v) is 11.2. The van der Waals surface area contributed by atoms with Crippen molar-refractivity contribution in [3.63, 3.8) is 0 Å². The number of hydrogen-bond donors (Lipinski definition) is 1. The van der Waals surface area contributed by atoms with Gasteiger partial charge in [-0.3, -0.25) is 9.69 Å². The maximum absolute atomic E-state index is 12.8. The predicted molar refractivity (Wildman–Crippen MR) is 130 cm³/mol. The molecule has 3 aromatic rings. The Kier molecular flexibility index (Phi) is 6.79. The summed E-state index contributed by atoms with van der Waals surface area (Å²) < 4.78 is 12.4. The fraction of sp³-hybridized carbons (Fsp3) is 0.154. The van der Waals surface area contributed by atoms with Crippen molar-refractivity contribution in [2.24, 2.45) is 0 Å². The molecule has 0 bridgehead atoms. The van der Waals surface area contributed by atoms with Crippen LogP contribution < -0.4 is 14.8 Å². The second-order valence-electron chi connectivity index (χ2n) is 7.69. The molecule has 168 valence electrons. The lowest BCUT2D eigenvalue weighted by atomic mass is 10.1. The number of methoxy groups -OCH3 is 1. The fourth-order valence-electron chi connectivity index (χ4n) is 3.39. The van der Waals surface area contributed by atoms with E-state index < -0.39 is 6.03 Å². The lowest BCUT2D eigenvalue weighted by Gasteiger charge is -2.12. The molecule has 0 aliphatic carbocycles. The number of imide groups is 1. The molecule has 1 aliphatic rings. The Bertz CT molecular complexity index is 1200. The Hall–Kier alpha value is -3.58. The van der Waals surface area contributed by atoms with Crippen LogP contribution in [0.25, 0.3) is 6.08 Å². The number of nitrogens with zero attached hydrogens (tertiary/aromatic N) is 1. The van der Waals surface area contributed by atoms with Crippen LogP contribution in [0.2, 0.25) is 0 Å². The number of aryl methyl sites for hydroxylation is 1. The first-order chi connectivity index (χ1) is 15.9. The summed E-state index contributed by atoms with van der Waals surface area (Å²) in [5.74, 6) is 0.759. The molecule has 1 saturated heterocycles. The summed E-state index contributed by atoms with van der Waals surface area (Å²) in [5, 5.41) is 2.66. The molecule has 1 heterocycles. The van der Waals surface area contributed by atoms with Gasteiger partial charge in [-0.1, -0.05) is 64.0 Å². The number of amides is 3. The Labute approximate surface area is 200 Å². The van der Waals surface area contributed by atoms with Gasteiger partial charge in [-0.05, 0) is 54.0 Å². The van der Waals surface area contributed by atoms with Crippen LogP contribution in [0.1, 0.15) is 22.3 Å². The van der Waals surface area contributed by atoms with E-state index >= 15 is 0 Å². The van der Waals surface area contributed by atoms with Crippen LogP contribution >= 0.6 is 15.9 Å². The van der Waals surface area contributed by atoms with Crippen LogP contribution in [0.4, 0.5) is 4.79 Å². The molecule has 4 rings (SSSR count). The molecule has 6 nitrogen and oxygen atoms in total. The van der Waals surface area contributed by atoms with Crippen molar-refractivity contribution in [3.8, 4) is 11.5 Å². The smallest absolute Gasteiger partial charge is 0.329 e. The van der Waals surface area contributed by atoms with E-state index in [4.69, 9.17) is 9.47 Å². The van der Waals surface area contributed by atoms with Crippen molar-refractivity contribution < 1.29 is 19.1 Å². The van der Waals surface area contributed by atoms with Gasteiger partial charge in [0.15, 0.2) is 11.5 Å². The molecule has 33 heavy (non-hydrogen) atoms. The molecule has 0 aromatic heterocycles. The summed E-state index contributed by atoms with van der Waals surface area (Å²) in [6.07, 6.45) is 1.64. The molecule has 7 heteroatoms. The quantitative estimate of drug-likeness (QED) is 0.342. The summed E-state index contributed by atoms with van der Waals surface area (Å²) in [6.45, 7) is 2.60. The van der Waals surface area contributed by atoms with E-state index in [1.54, 1.807) is 25.3 Å². The average molecular weight is 507 g/mol. The Morgan fingerprint density at radius 2 is 1.64 bits per heavy atom. The molecule has 0 radical (unpaired) electrons. The van der Waals surface area contributed by atoms with Gasteiger partial charge in [0.2, 0.25) is 0 Å². The minimum Gasteiger partial charge on any atom is -0.493 e. The molecule has 3 amide bonds. The fourth-order valence-corrected chi connectivity index (χ4v) is 3.66. The third kappa shape index (κ3) is 5.43. The summed E-state index contributed by atoms with van der Waals surface area (Å²) in [6, 6.07) is 20.5. The summed E-state index contributed by atoms with van der Waals surface area (Å²) in [7, 11) is 1.56. The van der Waals surface area contributed by atoms with Crippen molar-refractivity contribution in [3.05, 3.63) is 99.2 Å².